The van der Waals surface area contributed by atoms with E-state index in [-0.39, 0.29) is 37.3 Å². The fourth-order valence-electron chi connectivity index (χ4n) is 1.12. The number of carbonyl (C=O) groups excluding carboxylic acids is 2. The Hall–Kier alpha value is -0.820. The van der Waals surface area contributed by atoms with Crippen LogP contribution in [0.25, 0.3) is 0 Å². The summed E-state index contributed by atoms with van der Waals surface area (Å²) in [6.07, 6.45) is 0.730. The van der Waals surface area contributed by atoms with Gasteiger partial charge in [0.15, 0.2) is 0 Å². The third-order valence-corrected chi connectivity index (χ3v) is 3.24. The highest BCUT2D eigenvalue weighted by Gasteiger charge is 2.03. The maximum atomic E-state index is 11.3. The smallest absolute Gasteiger partial charge is 0.239 e. The highest BCUT2D eigenvalue weighted by atomic mass is 35.5. The van der Waals surface area contributed by atoms with Crippen LogP contribution in [0.3, 0.4) is 0 Å². The number of carbonyl (C=O) groups is 2. The van der Waals surface area contributed by atoms with Gasteiger partial charge in [0.05, 0.1) is 17.4 Å². The SMILES string of the molecule is Cl.NCC(=O)NCC(=O)NCCc1ccc(Cl)s1. The third kappa shape index (κ3) is 6.80. The molecular formula is C10H15Cl2N3O2S. The van der Waals surface area contributed by atoms with Crippen LogP contribution < -0.4 is 16.4 Å². The van der Waals surface area contributed by atoms with Gasteiger partial charge in [0.25, 0.3) is 0 Å². The molecular weight excluding hydrogens is 297 g/mol. The Morgan fingerprint density at radius 2 is 2.00 bits per heavy atom. The molecule has 0 bridgehead atoms. The van der Waals surface area contributed by atoms with Crippen LogP contribution in [0.4, 0.5) is 0 Å². The highest BCUT2D eigenvalue weighted by Crippen LogP contribution is 2.21. The summed E-state index contributed by atoms with van der Waals surface area (Å²) in [5.74, 6) is -0.570. The summed E-state index contributed by atoms with van der Waals surface area (Å²) in [5.41, 5.74) is 5.08. The molecule has 0 spiro atoms. The Kier molecular flexibility index (Phi) is 8.74. The molecule has 1 aromatic heterocycles. The first-order valence-electron chi connectivity index (χ1n) is 5.09. The van der Waals surface area contributed by atoms with E-state index in [0.717, 1.165) is 15.6 Å². The standard InChI is InChI=1S/C10H14ClN3O2S.ClH/c11-8-2-1-7(17-8)3-4-13-10(16)6-14-9(15)5-12;/h1-2H,3-6,12H2,(H,13,16)(H,14,15);1H. The van der Waals surface area contributed by atoms with Crippen LogP contribution in [0.15, 0.2) is 12.1 Å². The van der Waals surface area contributed by atoms with E-state index >= 15 is 0 Å². The molecule has 1 aromatic rings. The van der Waals surface area contributed by atoms with Gasteiger partial charge in [-0.15, -0.1) is 23.7 Å². The van der Waals surface area contributed by atoms with E-state index in [2.05, 4.69) is 10.6 Å². The first-order valence-corrected chi connectivity index (χ1v) is 6.29. The van der Waals surface area contributed by atoms with E-state index in [0.29, 0.717) is 6.54 Å². The lowest BCUT2D eigenvalue weighted by Crippen LogP contribution is -2.39. The summed E-state index contributed by atoms with van der Waals surface area (Å²) in [6.45, 7) is 0.371. The van der Waals surface area contributed by atoms with Crippen molar-refractivity contribution in [1.29, 1.82) is 0 Å². The molecule has 0 fully saturated rings. The molecule has 1 heterocycles. The summed E-state index contributed by atoms with van der Waals surface area (Å²) in [6, 6.07) is 3.75. The van der Waals surface area contributed by atoms with Gasteiger partial charge in [0.1, 0.15) is 0 Å². The molecule has 0 aliphatic rings. The number of hydrogen-bond donors (Lipinski definition) is 3. The zero-order valence-electron chi connectivity index (χ0n) is 9.57. The van der Waals surface area contributed by atoms with Crippen molar-refractivity contribution in [3.8, 4) is 0 Å². The van der Waals surface area contributed by atoms with Gasteiger partial charge < -0.3 is 16.4 Å². The molecule has 18 heavy (non-hydrogen) atoms. The quantitative estimate of drug-likeness (QED) is 0.717. The van der Waals surface area contributed by atoms with Crippen LogP contribution in [0, 0.1) is 0 Å². The summed E-state index contributed by atoms with van der Waals surface area (Å²) in [4.78, 5) is 23.2. The molecule has 0 aliphatic heterocycles. The molecule has 4 N–H and O–H groups in total. The van der Waals surface area contributed by atoms with Gasteiger partial charge >= 0.3 is 0 Å². The number of amides is 2. The fourth-order valence-corrected chi connectivity index (χ4v) is 2.21. The van der Waals surface area contributed by atoms with E-state index in [9.17, 15) is 9.59 Å². The first kappa shape index (κ1) is 17.2. The molecule has 0 radical (unpaired) electrons. The Morgan fingerprint density at radius 3 is 2.56 bits per heavy atom. The molecule has 102 valence electrons. The topological polar surface area (TPSA) is 84.2 Å². The second-order valence-corrected chi connectivity index (χ2v) is 5.09. The predicted molar refractivity (Wildman–Crippen MR) is 75.4 cm³/mol. The van der Waals surface area contributed by atoms with Gasteiger partial charge in [-0.25, -0.2) is 0 Å². The minimum atomic E-state index is -0.342. The van der Waals surface area contributed by atoms with E-state index in [1.165, 1.54) is 11.3 Å². The molecule has 0 unspecified atom stereocenters. The molecule has 8 heteroatoms. The molecule has 0 saturated carbocycles. The van der Waals surface area contributed by atoms with Crippen LogP contribution in [0.1, 0.15) is 4.88 Å². The van der Waals surface area contributed by atoms with Crippen molar-refractivity contribution in [2.45, 2.75) is 6.42 Å². The largest absolute Gasteiger partial charge is 0.354 e. The summed E-state index contributed by atoms with van der Waals surface area (Å²) in [7, 11) is 0. The maximum Gasteiger partial charge on any atom is 0.239 e. The Labute approximate surface area is 120 Å². The van der Waals surface area contributed by atoms with Crippen LogP contribution in [0.2, 0.25) is 4.34 Å². The number of nitrogens with two attached hydrogens (primary N) is 1. The lowest BCUT2D eigenvalue weighted by atomic mass is 10.3. The van der Waals surface area contributed by atoms with Crippen molar-refractivity contribution in [3.05, 3.63) is 21.3 Å². The molecule has 5 nitrogen and oxygen atoms in total. The molecule has 1 rings (SSSR count). The molecule has 0 atom stereocenters. The molecule has 0 aliphatic carbocycles. The van der Waals surface area contributed by atoms with Gasteiger partial charge in [-0.2, -0.15) is 0 Å². The van der Waals surface area contributed by atoms with E-state index in [1.54, 1.807) is 0 Å². The number of rotatable bonds is 6. The fraction of sp³-hybridized carbons (Fsp3) is 0.400. The Balaban J connectivity index is 0.00000289. The second kappa shape index (κ2) is 9.16. The van der Waals surface area contributed by atoms with Crippen molar-refractivity contribution >= 4 is 47.2 Å². The molecule has 2 amide bonds. The summed E-state index contributed by atoms with van der Waals surface area (Å²) >= 11 is 7.26. The van der Waals surface area contributed by atoms with Crippen LogP contribution in [-0.2, 0) is 16.0 Å². The zero-order chi connectivity index (χ0) is 12.7. The van der Waals surface area contributed by atoms with Crippen LogP contribution in [-0.4, -0.2) is 31.4 Å². The normalized spacial score (nSPS) is 9.44. The van der Waals surface area contributed by atoms with E-state index in [1.807, 2.05) is 12.1 Å². The van der Waals surface area contributed by atoms with Crippen molar-refractivity contribution in [2.75, 3.05) is 19.6 Å². The number of thiophene rings is 1. The number of halogens is 2. The first-order chi connectivity index (χ1) is 8.11. The zero-order valence-corrected chi connectivity index (χ0v) is 12.0. The molecule has 0 aromatic carbocycles. The summed E-state index contributed by atoms with van der Waals surface area (Å²) in [5, 5.41) is 5.08. The predicted octanol–water partition coefficient (Wildman–Crippen LogP) is 0.557. The van der Waals surface area contributed by atoms with Gasteiger partial charge in [0.2, 0.25) is 11.8 Å². The minimum Gasteiger partial charge on any atom is -0.354 e. The van der Waals surface area contributed by atoms with Gasteiger partial charge in [-0.3, -0.25) is 9.59 Å². The Bertz CT molecular complexity index is 398. The lowest BCUT2D eigenvalue weighted by molar-refractivity contribution is -0.125. The van der Waals surface area contributed by atoms with Gasteiger partial charge in [-0.05, 0) is 18.6 Å². The second-order valence-electron chi connectivity index (χ2n) is 3.29. The minimum absolute atomic E-state index is 0. The van der Waals surface area contributed by atoms with Crippen molar-refractivity contribution in [1.82, 2.24) is 10.6 Å². The van der Waals surface area contributed by atoms with Gasteiger partial charge in [-0.1, -0.05) is 11.6 Å². The number of nitrogens with one attached hydrogen (secondary N) is 2. The Morgan fingerprint density at radius 1 is 1.28 bits per heavy atom. The lowest BCUT2D eigenvalue weighted by Gasteiger charge is -2.05. The third-order valence-electron chi connectivity index (χ3n) is 1.95. The average molecular weight is 312 g/mol. The van der Waals surface area contributed by atoms with Crippen LogP contribution in [0.5, 0.6) is 0 Å². The average Bonchev–Trinajstić information content (AvgIpc) is 2.72. The van der Waals surface area contributed by atoms with Crippen molar-refractivity contribution < 1.29 is 9.59 Å². The van der Waals surface area contributed by atoms with Gasteiger partial charge in [0, 0.05) is 11.4 Å². The maximum absolute atomic E-state index is 11.3. The van der Waals surface area contributed by atoms with Crippen molar-refractivity contribution in [3.63, 3.8) is 0 Å². The summed E-state index contributed by atoms with van der Waals surface area (Å²) < 4.78 is 0.738. The van der Waals surface area contributed by atoms with Crippen LogP contribution >= 0.6 is 35.3 Å². The molecule has 0 saturated heterocycles. The van der Waals surface area contributed by atoms with E-state index in [4.69, 9.17) is 17.3 Å². The highest BCUT2D eigenvalue weighted by molar-refractivity contribution is 7.16. The van der Waals surface area contributed by atoms with Crippen molar-refractivity contribution in [2.24, 2.45) is 5.73 Å². The van der Waals surface area contributed by atoms with E-state index < -0.39 is 0 Å². The monoisotopic (exact) mass is 311 g/mol. The number of hydrogen-bond acceptors (Lipinski definition) is 4.